The van der Waals surface area contributed by atoms with E-state index in [-0.39, 0.29) is 11.3 Å². The van der Waals surface area contributed by atoms with Gasteiger partial charge in [-0.2, -0.15) is 4.31 Å². The Balaban J connectivity index is 2.32. The molecule has 1 aromatic rings. The van der Waals surface area contributed by atoms with Gasteiger partial charge in [0.2, 0.25) is 10.0 Å². The first-order valence-electron chi connectivity index (χ1n) is 8.23. The molecule has 0 spiro atoms. The molecular formula is C20H27NO2S. The Hall–Kier alpha value is -1.61. The summed E-state index contributed by atoms with van der Waals surface area (Å²) in [4.78, 5) is 0.334. The molecular weight excluding hydrogens is 318 g/mol. The smallest absolute Gasteiger partial charge is 0.207 e. The SMILES string of the molecule is C=CCN(CC1C(=C=C(C)C)C1(C)C)S(=O)(=O)c1ccc(C)cc1. The Kier molecular flexibility index (Phi) is 5.24. The van der Waals surface area contributed by atoms with Crippen molar-refractivity contribution in [2.24, 2.45) is 11.3 Å². The largest absolute Gasteiger partial charge is 0.243 e. The minimum atomic E-state index is -3.52. The summed E-state index contributed by atoms with van der Waals surface area (Å²) in [7, 11) is -3.52. The molecule has 1 atom stereocenters. The van der Waals surface area contributed by atoms with Crippen molar-refractivity contribution in [3.05, 3.63) is 59.4 Å². The van der Waals surface area contributed by atoms with E-state index in [0.717, 1.165) is 11.1 Å². The zero-order chi connectivity index (χ0) is 18.1. The molecule has 3 nitrogen and oxygen atoms in total. The molecule has 1 fully saturated rings. The lowest BCUT2D eigenvalue weighted by atomic mass is 10.1. The van der Waals surface area contributed by atoms with E-state index < -0.39 is 10.0 Å². The topological polar surface area (TPSA) is 37.4 Å². The van der Waals surface area contributed by atoms with Gasteiger partial charge < -0.3 is 0 Å². The minimum absolute atomic E-state index is 0.000510. The van der Waals surface area contributed by atoms with Gasteiger partial charge in [-0.05, 0) is 44.1 Å². The van der Waals surface area contributed by atoms with Gasteiger partial charge in [0.25, 0.3) is 0 Å². The van der Waals surface area contributed by atoms with Gasteiger partial charge in [0.05, 0.1) is 4.90 Å². The molecule has 130 valence electrons. The summed E-state index contributed by atoms with van der Waals surface area (Å²) in [6.07, 6.45) is 1.64. The van der Waals surface area contributed by atoms with Crippen LogP contribution in [0, 0.1) is 18.3 Å². The fourth-order valence-electron chi connectivity index (χ4n) is 2.95. The highest BCUT2D eigenvalue weighted by Crippen LogP contribution is 2.57. The number of sulfonamides is 1. The zero-order valence-electron chi connectivity index (χ0n) is 15.3. The molecule has 0 aliphatic heterocycles. The summed E-state index contributed by atoms with van der Waals surface area (Å²) in [5, 5.41) is 0. The summed E-state index contributed by atoms with van der Waals surface area (Å²) in [5.41, 5.74) is 6.76. The molecule has 0 aromatic heterocycles. The Bertz CT molecular complexity index is 791. The Labute approximate surface area is 146 Å². The van der Waals surface area contributed by atoms with Gasteiger partial charge in [-0.25, -0.2) is 8.42 Å². The van der Waals surface area contributed by atoms with Gasteiger partial charge >= 0.3 is 0 Å². The molecule has 0 heterocycles. The normalized spacial score (nSPS) is 19.1. The van der Waals surface area contributed by atoms with Crippen LogP contribution in [-0.2, 0) is 10.0 Å². The third kappa shape index (κ3) is 3.72. The Morgan fingerprint density at radius 1 is 1.29 bits per heavy atom. The number of rotatable bonds is 6. The van der Waals surface area contributed by atoms with Crippen LogP contribution in [0.25, 0.3) is 0 Å². The maximum atomic E-state index is 13.0. The predicted octanol–water partition coefficient (Wildman–Crippen LogP) is 4.32. The molecule has 0 bridgehead atoms. The molecule has 0 radical (unpaired) electrons. The molecule has 4 heteroatoms. The van der Waals surface area contributed by atoms with E-state index in [1.807, 2.05) is 32.9 Å². The lowest BCUT2D eigenvalue weighted by Gasteiger charge is -2.21. The van der Waals surface area contributed by atoms with Crippen LogP contribution in [0.1, 0.15) is 33.3 Å². The van der Waals surface area contributed by atoms with E-state index in [0.29, 0.717) is 18.0 Å². The van der Waals surface area contributed by atoms with Crippen molar-refractivity contribution >= 4 is 10.0 Å². The van der Waals surface area contributed by atoms with E-state index >= 15 is 0 Å². The lowest BCUT2D eigenvalue weighted by Crippen LogP contribution is -2.33. The van der Waals surface area contributed by atoms with Crippen LogP contribution < -0.4 is 0 Å². The first-order valence-corrected chi connectivity index (χ1v) is 9.67. The van der Waals surface area contributed by atoms with Crippen LogP contribution in [0.3, 0.4) is 0 Å². The van der Waals surface area contributed by atoms with Gasteiger partial charge in [0, 0.05) is 24.4 Å². The minimum Gasteiger partial charge on any atom is -0.207 e. The standard InChI is InChI=1S/C20H27NO2S/c1-7-12-21(14-19-18(13-15(2)3)20(19,5)6)24(22,23)17-10-8-16(4)9-11-17/h7-11,19H,1,12,14H2,2-6H3. The monoisotopic (exact) mass is 345 g/mol. The summed E-state index contributed by atoms with van der Waals surface area (Å²) in [5.74, 6) is 0.201. The Morgan fingerprint density at radius 2 is 1.88 bits per heavy atom. The number of hydrogen-bond acceptors (Lipinski definition) is 2. The van der Waals surface area contributed by atoms with E-state index in [1.165, 1.54) is 9.88 Å². The molecule has 1 aromatic carbocycles. The van der Waals surface area contributed by atoms with E-state index in [1.54, 1.807) is 18.2 Å². The van der Waals surface area contributed by atoms with Crippen molar-refractivity contribution in [3.63, 3.8) is 0 Å². The number of benzene rings is 1. The summed E-state index contributed by atoms with van der Waals surface area (Å²) in [6, 6.07) is 7.00. The van der Waals surface area contributed by atoms with Crippen molar-refractivity contribution < 1.29 is 8.42 Å². The molecule has 0 saturated heterocycles. The van der Waals surface area contributed by atoms with E-state index in [9.17, 15) is 8.42 Å². The van der Waals surface area contributed by atoms with Crippen molar-refractivity contribution in [1.29, 1.82) is 0 Å². The van der Waals surface area contributed by atoms with Crippen LogP contribution in [0.2, 0.25) is 0 Å². The first-order chi connectivity index (χ1) is 11.1. The molecule has 2 rings (SSSR count). The van der Waals surface area contributed by atoms with Crippen LogP contribution in [0.15, 0.2) is 58.7 Å². The summed E-state index contributed by atoms with van der Waals surface area (Å²) < 4.78 is 27.5. The Morgan fingerprint density at radius 3 is 2.38 bits per heavy atom. The van der Waals surface area contributed by atoms with Gasteiger partial charge in [0.15, 0.2) is 0 Å². The molecule has 0 N–H and O–H groups in total. The highest BCUT2D eigenvalue weighted by Gasteiger charge is 2.53. The van der Waals surface area contributed by atoms with Crippen molar-refractivity contribution in [2.45, 2.75) is 39.5 Å². The average molecular weight is 346 g/mol. The van der Waals surface area contributed by atoms with Gasteiger partial charge in [0.1, 0.15) is 0 Å². The lowest BCUT2D eigenvalue weighted by molar-refractivity contribution is 0.397. The fourth-order valence-corrected chi connectivity index (χ4v) is 4.38. The highest BCUT2D eigenvalue weighted by molar-refractivity contribution is 7.89. The average Bonchev–Trinajstić information content (AvgIpc) is 2.98. The van der Waals surface area contributed by atoms with Crippen LogP contribution in [0.4, 0.5) is 0 Å². The number of aryl methyl sites for hydroxylation is 1. The fraction of sp³-hybridized carbons (Fsp3) is 0.450. The molecule has 1 aliphatic rings. The maximum absolute atomic E-state index is 13.0. The predicted molar refractivity (Wildman–Crippen MR) is 99.3 cm³/mol. The van der Waals surface area contributed by atoms with Gasteiger partial charge in [-0.1, -0.05) is 37.6 Å². The second-order valence-corrected chi connectivity index (χ2v) is 9.17. The van der Waals surface area contributed by atoms with Crippen molar-refractivity contribution in [2.75, 3.05) is 13.1 Å². The molecule has 1 saturated carbocycles. The molecule has 0 amide bonds. The zero-order valence-corrected chi connectivity index (χ0v) is 16.1. The van der Waals surface area contributed by atoms with Crippen molar-refractivity contribution in [1.82, 2.24) is 4.31 Å². The summed E-state index contributed by atoms with van der Waals surface area (Å²) in [6.45, 7) is 14.8. The molecule has 24 heavy (non-hydrogen) atoms. The first kappa shape index (κ1) is 18.7. The van der Waals surface area contributed by atoms with E-state index in [4.69, 9.17) is 0 Å². The molecule has 1 unspecified atom stereocenters. The highest BCUT2D eigenvalue weighted by atomic mass is 32.2. The molecule has 1 aliphatic carbocycles. The number of nitrogens with zero attached hydrogens (tertiary/aromatic N) is 1. The summed E-state index contributed by atoms with van der Waals surface area (Å²) >= 11 is 0. The van der Waals surface area contributed by atoms with Crippen LogP contribution in [-0.4, -0.2) is 25.8 Å². The van der Waals surface area contributed by atoms with Crippen LogP contribution in [0.5, 0.6) is 0 Å². The van der Waals surface area contributed by atoms with Gasteiger partial charge in [-0.15, -0.1) is 12.3 Å². The quantitative estimate of drug-likeness (QED) is 0.569. The third-order valence-electron chi connectivity index (χ3n) is 4.59. The third-order valence-corrected chi connectivity index (χ3v) is 6.44. The van der Waals surface area contributed by atoms with Gasteiger partial charge in [-0.3, -0.25) is 0 Å². The second-order valence-electron chi connectivity index (χ2n) is 7.24. The number of hydrogen-bond donors (Lipinski definition) is 0. The van der Waals surface area contributed by atoms with E-state index in [2.05, 4.69) is 26.2 Å². The van der Waals surface area contributed by atoms with Crippen molar-refractivity contribution in [3.8, 4) is 0 Å². The van der Waals surface area contributed by atoms with Crippen LogP contribution >= 0.6 is 0 Å². The maximum Gasteiger partial charge on any atom is 0.243 e. The second kappa shape index (κ2) is 6.72.